The maximum atomic E-state index is 5.71. The van der Waals surface area contributed by atoms with Crippen molar-refractivity contribution in [2.24, 2.45) is 15.0 Å². The molecular formula is C20H15N5O. The summed E-state index contributed by atoms with van der Waals surface area (Å²) < 4.78 is 5.71. The summed E-state index contributed by atoms with van der Waals surface area (Å²) in [6.45, 7) is 0.356. The second-order valence-electron chi connectivity index (χ2n) is 5.45. The van der Waals surface area contributed by atoms with E-state index >= 15 is 0 Å². The Hall–Kier alpha value is -3.67. The molecule has 126 valence electrons. The molecule has 0 unspecified atom stereocenters. The van der Waals surface area contributed by atoms with Crippen molar-refractivity contribution in [2.45, 2.75) is 0 Å². The number of aromatic nitrogens is 2. The first-order valence-electron chi connectivity index (χ1n) is 8.12. The Bertz CT molecular complexity index is 1150. The molecule has 3 aromatic rings. The minimum Gasteiger partial charge on any atom is -0.488 e. The Kier molecular flexibility index (Phi) is 4.56. The van der Waals surface area contributed by atoms with Gasteiger partial charge < -0.3 is 4.74 Å². The molecule has 0 N–H and O–H groups in total. The molecule has 26 heavy (non-hydrogen) atoms. The van der Waals surface area contributed by atoms with E-state index in [9.17, 15) is 0 Å². The normalized spacial score (nSPS) is 20.0. The molecule has 2 heterocycles. The standard InChI is InChI=1S/C20H15N5O/c1-2-4-18-15(3-1)7-8-21-9-10-22-11-12-26-16-5-6-19-17(13-16)20(25-18)24-14-23-19/h1-11,13-14H,12H2/b10-9-,15-7+,21-8+,22-11+,25-18+. The maximum absolute atomic E-state index is 5.71. The van der Waals surface area contributed by atoms with E-state index in [0.717, 1.165) is 21.5 Å². The van der Waals surface area contributed by atoms with Gasteiger partial charge in [-0.3, -0.25) is 9.98 Å². The molecule has 6 heteroatoms. The van der Waals surface area contributed by atoms with Crippen LogP contribution in [0, 0.1) is 0 Å². The molecule has 1 aliphatic heterocycles. The molecule has 0 aliphatic carbocycles. The van der Waals surface area contributed by atoms with Crippen molar-refractivity contribution in [1.29, 1.82) is 0 Å². The third kappa shape index (κ3) is 3.54. The topological polar surface area (TPSA) is 72.1 Å². The van der Waals surface area contributed by atoms with Crippen molar-refractivity contribution in [3.63, 3.8) is 0 Å². The highest BCUT2D eigenvalue weighted by atomic mass is 16.5. The van der Waals surface area contributed by atoms with Crippen LogP contribution in [0.15, 0.2) is 76.2 Å². The van der Waals surface area contributed by atoms with Gasteiger partial charge in [-0.05, 0) is 30.3 Å². The highest BCUT2D eigenvalue weighted by Gasteiger charge is 2.05. The van der Waals surface area contributed by atoms with Crippen molar-refractivity contribution in [1.82, 2.24) is 9.97 Å². The summed E-state index contributed by atoms with van der Waals surface area (Å²) in [5.74, 6) is 1.31. The van der Waals surface area contributed by atoms with Crippen molar-refractivity contribution < 1.29 is 4.74 Å². The van der Waals surface area contributed by atoms with Gasteiger partial charge in [0.25, 0.3) is 0 Å². The van der Waals surface area contributed by atoms with Crippen LogP contribution in [0.1, 0.15) is 0 Å². The van der Waals surface area contributed by atoms with Crippen LogP contribution in [0.4, 0.5) is 5.82 Å². The Morgan fingerprint density at radius 3 is 2.85 bits per heavy atom. The van der Waals surface area contributed by atoms with Gasteiger partial charge in [0.1, 0.15) is 18.7 Å². The van der Waals surface area contributed by atoms with E-state index in [-0.39, 0.29) is 0 Å². The first kappa shape index (κ1) is 15.8. The number of ether oxygens (including phenoxy) is 1. The van der Waals surface area contributed by atoms with Gasteiger partial charge in [0.2, 0.25) is 0 Å². The highest BCUT2D eigenvalue weighted by molar-refractivity contribution is 5.91. The van der Waals surface area contributed by atoms with Gasteiger partial charge in [0, 0.05) is 35.4 Å². The summed E-state index contributed by atoms with van der Waals surface area (Å²) in [4.78, 5) is 21.7. The van der Waals surface area contributed by atoms with Crippen LogP contribution in [0.25, 0.3) is 17.0 Å². The molecule has 0 amide bonds. The second-order valence-corrected chi connectivity index (χ2v) is 5.45. The smallest absolute Gasteiger partial charge is 0.163 e. The number of hydrogen-bond acceptors (Lipinski definition) is 6. The Morgan fingerprint density at radius 2 is 1.85 bits per heavy atom. The molecule has 1 aromatic heterocycles. The third-order valence-corrected chi connectivity index (χ3v) is 3.76. The lowest BCUT2D eigenvalue weighted by atomic mass is 10.2. The number of nitrogens with zero attached hydrogens (tertiary/aromatic N) is 5. The van der Waals surface area contributed by atoms with Crippen LogP contribution < -0.4 is 15.3 Å². The lowest BCUT2D eigenvalue weighted by Crippen LogP contribution is -2.24. The minimum atomic E-state index is 0.356. The van der Waals surface area contributed by atoms with Crippen LogP contribution in [0.2, 0.25) is 0 Å². The number of benzene rings is 2. The van der Waals surface area contributed by atoms with Crippen molar-refractivity contribution in [2.75, 3.05) is 6.61 Å². The number of fused-ring (bicyclic) bond motifs is 2. The van der Waals surface area contributed by atoms with E-state index in [0.29, 0.717) is 18.2 Å². The van der Waals surface area contributed by atoms with Gasteiger partial charge in [-0.25, -0.2) is 15.0 Å². The zero-order valence-corrected chi connectivity index (χ0v) is 13.9. The monoisotopic (exact) mass is 341 g/mol. The van der Waals surface area contributed by atoms with E-state index in [2.05, 4.69) is 20.0 Å². The van der Waals surface area contributed by atoms with Gasteiger partial charge in [0.05, 0.1) is 10.9 Å². The van der Waals surface area contributed by atoms with E-state index in [1.54, 1.807) is 24.8 Å². The molecule has 0 saturated heterocycles. The summed E-state index contributed by atoms with van der Waals surface area (Å²) in [6, 6.07) is 13.5. The van der Waals surface area contributed by atoms with Gasteiger partial charge in [-0.2, -0.15) is 0 Å². The van der Waals surface area contributed by atoms with Crippen molar-refractivity contribution >= 4 is 35.2 Å². The summed E-state index contributed by atoms with van der Waals surface area (Å²) in [5.41, 5.74) is 0.812. The third-order valence-electron chi connectivity index (χ3n) is 3.76. The molecule has 2 aromatic carbocycles. The first-order chi connectivity index (χ1) is 12.9. The summed E-state index contributed by atoms with van der Waals surface area (Å²) in [6.07, 6.45) is 10.0. The highest BCUT2D eigenvalue weighted by Crippen LogP contribution is 2.25. The van der Waals surface area contributed by atoms with E-state index < -0.39 is 0 Å². The van der Waals surface area contributed by atoms with Crippen LogP contribution in [0.3, 0.4) is 0 Å². The largest absolute Gasteiger partial charge is 0.488 e. The molecular weight excluding hydrogens is 326 g/mol. The lowest BCUT2D eigenvalue weighted by Gasteiger charge is -2.05. The SMILES string of the molecule is C1=C\N=C\COc2ccc3ncnc(c3c2)/N=c2\cccc\c2=C/C=N/1. The Morgan fingerprint density at radius 1 is 0.923 bits per heavy atom. The summed E-state index contributed by atoms with van der Waals surface area (Å²) in [5, 5.41) is 2.58. The van der Waals surface area contributed by atoms with Gasteiger partial charge in [0.15, 0.2) is 5.82 Å². The fourth-order valence-corrected chi connectivity index (χ4v) is 2.53. The predicted octanol–water partition coefficient (Wildman–Crippen LogP) is 2.37. The van der Waals surface area contributed by atoms with Crippen LogP contribution >= 0.6 is 0 Å². The Labute approximate surface area is 149 Å². The lowest BCUT2D eigenvalue weighted by molar-refractivity contribution is 0.381. The quantitative estimate of drug-likeness (QED) is 0.630. The minimum absolute atomic E-state index is 0.356. The van der Waals surface area contributed by atoms with Crippen LogP contribution in [0.5, 0.6) is 5.75 Å². The van der Waals surface area contributed by atoms with E-state index in [1.165, 1.54) is 6.33 Å². The molecule has 0 fully saturated rings. The van der Waals surface area contributed by atoms with Crippen molar-refractivity contribution in [3.8, 4) is 5.75 Å². The fraction of sp³-hybridized carbons (Fsp3) is 0.0500. The molecule has 4 rings (SSSR count). The number of rotatable bonds is 0. The summed E-state index contributed by atoms with van der Waals surface area (Å²) in [7, 11) is 0. The molecule has 6 nitrogen and oxygen atoms in total. The molecule has 0 spiro atoms. The van der Waals surface area contributed by atoms with Gasteiger partial charge in [-0.1, -0.05) is 18.2 Å². The first-order valence-corrected chi connectivity index (χ1v) is 8.12. The average Bonchev–Trinajstić information content (AvgIpc) is 2.67. The maximum Gasteiger partial charge on any atom is 0.163 e. The molecule has 2 bridgehead atoms. The summed E-state index contributed by atoms with van der Waals surface area (Å²) >= 11 is 0. The fourth-order valence-electron chi connectivity index (χ4n) is 2.53. The predicted molar refractivity (Wildman–Crippen MR) is 103 cm³/mol. The van der Waals surface area contributed by atoms with Crippen molar-refractivity contribution in [3.05, 3.63) is 71.8 Å². The molecule has 1 aliphatic rings. The molecule has 0 radical (unpaired) electrons. The van der Waals surface area contributed by atoms with Gasteiger partial charge in [-0.15, -0.1) is 0 Å². The average molecular weight is 341 g/mol. The molecule has 0 saturated carbocycles. The van der Waals surface area contributed by atoms with Crippen LogP contribution in [-0.4, -0.2) is 29.0 Å². The second kappa shape index (κ2) is 7.48. The number of para-hydroxylation sites is 1. The van der Waals surface area contributed by atoms with E-state index in [1.807, 2.05) is 48.5 Å². The van der Waals surface area contributed by atoms with E-state index in [4.69, 9.17) is 9.73 Å². The zero-order valence-electron chi connectivity index (χ0n) is 13.9. The number of hydrogen-bond donors (Lipinski definition) is 0. The van der Waals surface area contributed by atoms with Crippen LogP contribution in [-0.2, 0) is 0 Å². The zero-order chi connectivity index (χ0) is 17.6. The van der Waals surface area contributed by atoms with Gasteiger partial charge >= 0.3 is 0 Å². The Balaban J connectivity index is 1.97. The number of aliphatic imine (C=N–C) groups is 2. The molecule has 0 atom stereocenters.